The number of hydrogen-bond donors (Lipinski definition) is 1. The fourth-order valence-corrected chi connectivity index (χ4v) is 6.14. The van der Waals surface area contributed by atoms with E-state index in [1.54, 1.807) is 5.57 Å². The average Bonchev–Trinajstić information content (AvgIpc) is 2.46. The largest absolute Gasteiger partial charge is 0.309 e. The van der Waals surface area contributed by atoms with Gasteiger partial charge in [-0.25, -0.2) is 0 Å². The Hall–Kier alpha value is -0.850. The molecule has 0 aromatic rings. The standard InChI is InChI=1S/C21H33N/c1-6-19(3)13-10-17-16(14-19)8-9-18-20(4,15(2)22)11-7-12-21(17,18)5/h6,14,17-18,22H,1,7-13H2,2-5H3. The maximum absolute atomic E-state index is 8.39. The second-order valence-electron chi connectivity index (χ2n) is 9.01. The number of fused-ring (bicyclic) bond motifs is 3. The number of rotatable bonds is 2. The van der Waals surface area contributed by atoms with Crippen molar-refractivity contribution in [2.24, 2.45) is 28.1 Å². The van der Waals surface area contributed by atoms with Gasteiger partial charge >= 0.3 is 0 Å². The lowest BCUT2D eigenvalue weighted by Crippen LogP contribution is -2.53. The summed E-state index contributed by atoms with van der Waals surface area (Å²) in [4.78, 5) is 0. The highest BCUT2D eigenvalue weighted by molar-refractivity contribution is 5.85. The highest BCUT2D eigenvalue weighted by Gasteiger charge is 2.56. The number of nitrogens with one attached hydrogen (secondary N) is 1. The van der Waals surface area contributed by atoms with Crippen molar-refractivity contribution in [3.05, 3.63) is 24.3 Å². The first-order chi connectivity index (χ1) is 10.3. The van der Waals surface area contributed by atoms with E-state index in [0.717, 1.165) is 11.6 Å². The van der Waals surface area contributed by atoms with Crippen LogP contribution in [0.3, 0.4) is 0 Å². The molecule has 0 amide bonds. The maximum Gasteiger partial charge on any atom is 0.0120 e. The molecule has 1 heteroatoms. The predicted molar refractivity (Wildman–Crippen MR) is 95.3 cm³/mol. The molecule has 0 heterocycles. The molecule has 0 saturated heterocycles. The Morgan fingerprint density at radius 1 is 1.23 bits per heavy atom. The third-order valence-electron chi connectivity index (χ3n) is 7.75. The molecule has 0 aromatic carbocycles. The smallest absolute Gasteiger partial charge is 0.0120 e. The number of allylic oxidation sites excluding steroid dienone is 3. The Morgan fingerprint density at radius 2 is 1.95 bits per heavy atom. The molecule has 3 rings (SSSR count). The molecule has 2 fully saturated rings. The fourth-order valence-electron chi connectivity index (χ4n) is 6.14. The van der Waals surface area contributed by atoms with E-state index in [9.17, 15) is 0 Å². The van der Waals surface area contributed by atoms with Crippen LogP contribution in [0.2, 0.25) is 0 Å². The van der Waals surface area contributed by atoms with Crippen LogP contribution in [-0.4, -0.2) is 5.71 Å². The van der Waals surface area contributed by atoms with Crippen LogP contribution in [0.1, 0.15) is 72.6 Å². The molecule has 0 aromatic heterocycles. The second-order valence-corrected chi connectivity index (χ2v) is 9.01. The summed E-state index contributed by atoms with van der Waals surface area (Å²) >= 11 is 0. The van der Waals surface area contributed by atoms with E-state index in [1.165, 1.54) is 44.9 Å². The highest BCUT2D eigenvalue weighted by atomic mass is 14.6. The Labute approximate surface area is 136 Å². The third kappa shape index (κ3) is 2.15. The molecule has 5 unspecified atom stereocenters. The summed E-state index contributed by atoms with van der Waals surface area (Å²) in [7, 11) is 0. The topological polar surface area (TPSA) is 23.9 Å². The molecule has 1 nitrogen and oxygen atoms in total. The van der Waals surface area contributed by atoms with E-state index < -0.39 is 0 Å². The van der Waals surface area contributed by atoms with Crippen LogP contribution in [0.15, 0.2) is 24.3 Å². The van der Waals surface area contributed by atoms with Crippen LogP contribution < -0.4 is 0 Å². The molecule has 0 radical (unpaired) electrons. The molecular formula is C21H33N. The minimum atomic E-state index is 0.137. The highest BCUT2D eigenvalue weighted by Crippen LogP contribution is 2.64. The Bertz CT molecular complexity index is 530. The van der Waals surface area contributed by atoms with Crippen LogP contribution in [0.4, 0.5) is 0 Å². The van der Waals surface area contributed by atoms with Crippen molar-refractivity contribution in [1.82, 2.24) is 0 Å². The third-order valence-corrected chi connectivity index (χ3v) is 7.75. The van der Waals surface area contributed by atoms with Gasteiger partial charge in [0.1, 0.15) is 0 Å². The van der Waals surface area contributed by atoms with E-state index in [-0.39, 0.29) is 10.8 Å². The summed E-state index contributed by atoms with van der Waals surface area (Å²) in [6.07, 6.45) is 13.7. The molecule has 3 aliphatic carbocycles. The van der Waals surface area contributed by atoms with Gasteiger partial charge in [-0.15, -0.1) is 6.58 Å². The van der Waals surface area contributed by atoms with E-state index in [0.29, 0.717) is 11.3 Å². The molecule has 0 aliphatic heterocycles. The van der Waals surface area contributed by atoms with Gasteiger partial charge in [0.15, 0.2) is 0 Å². The van der Waals surface area contributed by atoms with Gasteiger partial charge < -0.3 is 5.41 Å². The first-order valence-electron chi connectivity index (χ1n) is 9.16. The summed E-state index contributed by atoms with van der Waals surface area (Å²) in [5.74, 6) is 1.44. The van der Waals surface area contributed by atoms with Crippen LogP contribution in [0, 0.1) is 33.5 Å². The molecule has 1 N–H and O–H groups in total. The van der Waals surface area contributed by atoms with Crippen LogP contribution in [0.5, 0.6) is 0 Å². The zero-order chi connectivity index (χ0) is 16.2. The molecule has 22 heavy (non-hydrogen) atoms. The van der Waals surface area contributed by atoms with Gasteiger partial charge in [-0.2, -0.15) is 0 Å². The van der Waals surface area contributed by atoms with Crippen molar-refractivity contribution in [1.29, 1.82) is 5.41 Å². The molecule has 5 atom stereocenters. The Balaban J connectivity index is 1.99. The van der Waals surface area contributed by atoms with Crippen molar-refractivity contribution in [2.75, 3.05) is 0 Å². The molecule has 0 spiro atoms. The molecule has 0 bridgehead atoms. The Kier molecular flexibility index (Phi) is 3.70. The average molecular weight is 300 g/mol. The molecule has 3 aliphatic rings. The lowest BCUT2D eigenvalue weighted by atomic mass is 9.44. The van der Waals surface area contributed by atoms with Crippen LogP contribution >= 0.6 is 0 Å². The van der Waals surface area contributed by atoms with Gasteiger partial charge in [0.05, 0.1) is 0 Å². The monoisotopic (exact) mass is 299 g/mol. The van der Waals surface area contributed by atoms with Crippen LogP contribution in [-0.2, 0) is 0 Å². The van der Waals surface area contributed by atoms with Gasteiger partial charge in [-0.3, -0.25) is 0 Å². The van der Waals surface area contributed by atoms with Gasteiger partial charge in [0, 0.05) is 16.5 Å². The minimum Gasteiger partial charge on any atom is -0.309 e. The van der Waals surface area contributed by atoms with E-state index >= 15 is 0 Å². The van der Waals surface area contributed by atoms with Gasteiger partial charge in [0.25, 0.3) is 0 Å². The van der Waals surface area contributed by atoms with E-state index in [1.807, 2.05) is 6.92 Å². The van der Waals surface area contributed by atoms with E-state index in [4.69, 9.17) is 5.41 Å². The van der Waals surface area contributed by atoms with Gasteiger partial charge in [-0.05, 0) is 62.7 Å². The molecular weight excluding hydrogens is 266 g/mol. The number of hydrogen-bond acceptors (Lipinski definition) is 1. The summed E-state index contributed by atoms with van der Waals surface area (Å²) in [5, 5.41) is 8.39. The fraction of sp³-hybridized carbons (Fsp3) is 0.762. The zero-order valence-corrected chi connectivity index (χ0v) is 15.0. The van der Waals surface area contributed by atoms with Gasteiger partial charge in [-0.1, -0.05) is 44.9 Å². The maximum atomic E-state index is 8.39. The zero-order valence-electron chi connectivity index (χ0n) is 15.0. The molecule has 122 valence electrons. The SMILES string of the molecule is C=CC1(C)C=C2CCC3C(C)(C(C)=N)CCCC3(C)C2CC1. The summed E-state index contributed by atoms with van der Waals surface area (Å²) in [6.45, 7) is 13.4. The van der Waals surface area contributed by atoms with Gasteiger partial charge in [0.2, 0.25) is 0 Å². The van der Waals surface area contributed by atoms with Crippen molar-refractivity contribution in [3.63, 3.8) is 0 Å². The summed E-state index contributed by atoms with van der Waals surface area (Å²) < 4.78 is 0. The lowest BCUT2D eigenvalue weighted by molar-refractivity contribution is -0.0372. The van der Waals surface area contributed by atoms with Crippen molar-refractivity contribution < 1.29 is 0 Å². The summed E-state index contributed by atoms with van der Waals surface area (Å²) in [5.41, 5.74) is 3.38. The summed E-state index contributed by atoms with van der Waals surface area (Å²) in [6, 6.07) is 0. The van der Waals surface area contributed by atoms with Crippen LogP contribution in [0.25, 0.3) is 0 Å². The van der Waals surface area contributed by atoms with Crippen molar-refractivity contribution in [2.45, 2.75) is 72.6 Å². The first kappa shape index (κ1) is 16.0. The Morgan fingerprint density at radius 3 is 2.59 bits per heavy atom. The first-order valence-corrected chi connectivity index (χ1v) is 9.16. The lowest BCUT2D eigenvalue weighted by Gasteiger charge is -2.60. The molecule has 2 saturated carbocycles. The minimum absolute atomic E-state index is 0.137. The van der Waals surface area contributed by atoms with Crippen molar-refractivity contribution >= 4 is 5.71 Å². The predicted octanol–water partition coefficient (Wildman–Crippen LogP) is 6.16. The van der Waals surface area contributed by atoms with Crippen molar-refractivity contribution in [3.8, 4) is 0 Å². The van der Waals surface area contributed by atoms with E-state index in [2.05, 4.69) is 39.5 Å². The quantitative estimate of drug-likeness (QED) is 0.466. The normalized spacial score (nSPS) is 47.9. The second kappa shape index (κ2) is 5.08.